The zero-order chi connectivity index (χ0) is 7.31. The quantitative estimate of drug-likeness (QED) is 0.517. The number of ether oxygens (including phenoxy) is 1. The molecule has 1 heterocycles. The highest BCUT2D eigenvalue weighted by atomic mass is 16.5. The van der Waals surface area contributed by atoms with Crippen LogP contribution in [0, 0.1) is 11.3 Å². The summed E-state index contributed by atoms with van der Waals surface area (Å²) in [5, 5.41) is 0. The molecule has 0 amide bonds. The lowest BCUT2D eigenvalue weighted by atomic mass is 9.54. The molecule has 1 spiro atoms. The lowest BCUT2D eigenvalue weighted by molar-refractivity contribution is -0.0279. The Morgan fingerprint density at radius 1 is 1.09 bits per heavy atom. The lowest BCUT2D eigenvalue weighted by Gasteiger charge is -2.49. The van der Waals surface area contributed by atoms with E-state index in [9.17, 15) is 0 Å². The van der Waals surface area contributed by atoms with E-state index < -0.39 is 0 Å². The van der Waals surface area contributed by atoms with Gasteiger partial charge in [0.1, 0.15) is 0 Å². The van der Waals surface area contributed by atoms with Gasteiger partial charge in [0.15, 0.2) is 0 Å². The molecule has 1 heteroatoms. The SMILES string of the molecule is C1CCC23CCC2COC3C1. The van der Waals surface area contributed by atoms with Gasteiger partial charge in [0.05, 0.1) is 12.7 Å². The lowest BCUT2D eigenvalue weighted by Crippen LogP contribution is -2.45. The van der Waals surface area contributed by atoms with Crippen LogP contribution in [0.1, 0.15) is 38.5 Å². The summed E-state index contributed by atoms with van der Waals surface area (Å²) in [6.45, 7) is 1.09. The molecule has 3 fully saturated rings. The molecule has 3 atom stereocenters. The molecule has 1 nitrogen and oxygen atoms in total. The molecule has 3 aliphatic rings. The van der Waals surface area contributed by atoms with E-state index in [-0.39, 0.29) is 0 Å². The van der Waals surface area contributed by atoms with Crippen molar-refractivity contribution in [1.29, 1.82) is 0 Å². The normalized spacial score (nSPS) is 54.5. The van der Waals surface area contributed by atoms with Crippen LogP contribution in [0.5, 0.6) is 0 Å². The van der Waals surface area contributed by atoms with Crippen LogP contribution >= 0.6 is 0 Å². The van der Waals surface area contributed by atoms with Gasteiger partial charge in [0.2, 0.25) is 0 Å². The standard InChI is InChI=1S/C10H16O/c1-2-5-10-6-4-8(10)7-11-9(10)3-1/h8-9H,1-7H2. The van der Waals surface area contributed by atoms with Gasteiger partial charge >= 0.3 is 0 Å². The Morgan fingerprint density at radius 2 is 2.09 bits per heavy atom. The van der Waals surface area contributed by atoms with Crippen LogP contribution in [0.2, 0.25) is 0 Å². The van der Waals surface area contributed by atoms with Crippen LogP contribution in [-0.2, 0) is 4.74 Å². The maximum atomic E-state index is 5.83. The van der Waals surface area contributed by atoms with Crippen molar-refractivity contribution in [3.8, 4) is 0 Å². The molecule has 62 valence electrons. The summed E-state index contributed by atoms with van der Waals surface area (Å²) in [6.07, 6.45) is 9.32. The second kappa shape index (κ2) is 2.01. The largest absolute Gasteiger partial charge is 0.377 e. The van der Waals surface area contributed by atoms with Crippen molar-refractivity contribution in [3.63, 3.8) is 0 Å². The van der Waals surface area contributed by atoms with E-state index in [0.29, 0.717) is 11.5 Å². The topological polar surface area (TPSA) is 9.23 Å². The van der Waals surface area contributed by atoms with Crippen molar-refractivity contribution in [2.45, 2.75) is 44.6 Å². The molecule has 1 aliphatic heterocycles. The molecule has 2 saturated carbocycles. The number of hydrogen-bond donors (Lipinski definition) is 0. The smallest absolute Gasteiger partial charge is 0.0634 e. The molecule has 11 heavy (non-hydrogen) atoms. The molecule has 0 aromatic heterocycles. The molecule has 3 rings (SSSR count). The first kappa shape index (κ1) is 6.47. The molecule has 0 aromatic rings. The molecular weight excluding hydrogens is 136 g/mol. The van der Waals surface area contributed by atoms with E-state index in [0.717, 1.165) is 12.5 Å². The minimum Gasteiger partial charge on any atom is -0.377 e. The molecule has 0 N–H and O–H groups in total. The Labute approximate surface area is 68.1 Å². The van der Waals surface area contributed by atoms with Gasteiger partial charge in [0.25, 0.3) is 0 Å². The molecule has 0 radical (unpaired) electrons. The van der Waals surface area contributed by atoms with E-state index in [2.05, 4.69) is 0 Å². The predicted octanol–water partition coefficient (Wildman–Crippen LogP) is 2.36. The van der Waals surface area contributed by atoms with Gasteiger partial charge in [-0.1, -0.05) is 12.8 Å². The Balaban J connectivity index is 1.89. The van der Waals surface area contributed by atoms with Gasteiger partial charge in [0, 0.05) is 5.41 Å². The summed E-state index contributed by atoms with van der Waals surface area (Å²) in [6, 6.07) is 0. The van der Waals surface area contributed by atoms with E-state index in [1.54, 1.807) is 0 Å². The second-order valence-electron chi connectivity index (χ2n) is 4.54. The van der Waals surface area contributed by atoms with Gasteiger partial charge in [-0.25, -0.2) is 0 Å². The highest BCUT2D eigenvalue weighted by molar-refractivity contribution is 5.06. The van der Waals surface area contributed by atoms with Crippen molar-refractivity contribution < 1.29 is 4.74 Å². The maximum absolute atomic E-state index is 5.83. The van der Waals surface area contributed by atoms with Crippen LogP contribution in [0.3, 0.4) is 0 Å². The minimum absolute atomic E-state index is 0.676. The van der Waals surface area contributed by atoms with Gasteiger partial charge in [-0.3, -0.25) is 0 Å². The first-order chi connectivity index (χ1) is 5.42. The third-order valence-corrected chi connectivity index (χ3v) is 4.27. The van der Waals surface area contributed by atoms with E-state index in [4.69, 9.17) is 4.74 Å². The molecule has 2 aliphatic carbocycles. The summed E-state index contributed by atoms with van der Waals surface area (Å²) >= 11 is 0. The molecular formula is C10H16O. The summed E-state index contributed by atoms with van der Waals surface area (Å²) < 4.78 is 5.83. The number of hydrogen-bond acceptors (Lipinski definition) is 1. The Bertz CT molecular complexity index is 176. The Kier molecular flexibility index (Phi) is 1.18. The third kappa shape index (κ3) is 0.658. The summed E-state index contributed by atoms with van der Waals surface area (Å²) in [5.74, 6) is 0.966. The van der Waals surface area contributed by atoms with Crippen molar-refractivity contribution >= 4 is 0 Å². The van der Waals surface area contributed by atoms with Gasteiger partial charge in [-0.05, 0) is 31.6 Å². The zero-order valence-corrected chi connectivity index (χ0v) is 7.01. The van der Waals surface area contributed by atoms with Crippen molar-refractivity contribution in [2.75, 3.05) is 6.61 Å². The van der Waals surface area contributed by atoms with Crippen molar-refractivity contribution in [3.05, 3.63) is 0 Å². The van der Waals surface area contributed by atoms with Gasteiger partial charge in [-0.2, -0.15) is 0 Å². The van der Waals surface area contributed by atoms with E-state index >= 15 is 0 Å². The summed E-state index contributed by atoms with van der Waals surface area (Å²) in [5.41, 5.74) is 0.707. The first-order valence-electron chi connectivity index (χ1n) is 5.03. The summed E-state index contributed by atoms with van der Waals surface area (Å²) in [4.78, 5) is 0. The van der Waals surface area contributed by atoms with Crippen molar-refractivity contribution in [2.24, 2.45) is 11.3 Å². The average Bonchev–Trinajstić information content (AvgIpc) is 2.26. The van der Waals surface area contributed by atoms with Crippen LogP contribution in [0.15, 0.2) is 0 Å². The third-order valence-electron chi connectivity index (χ3n) is 4.27. The van der Waals surface area contributed by atoms with Gasteiger partial charge in [-0.15, -0.1) is 0 Å². The first-order valence-corrected chi connectivity index (χ1v) is 5.03. The highest BCUT2D eigenvalue weighted by Gasteiger charge is 2.57. The Morgan fingerprint density at radius 3 is 2.82 bits per heavy atom. The number of rotatable bonds is 0. The predicted molar refractivity (Wildman–Crippen MR) is 43.4 cm³/mol. The molecule has 0 bridgehead atoms. The fraction of sp³-hybridized carbons (Fsp3) is 1.00. The fourth-order valence-corrected chi connectivity index (χ4v) is 3.44. The van der Waals surface area contributed by atoms with Crippen LogP contribution in [-0.4, -0.2) is 12.7 Å². The van der Waals surface area contributed by atoms with Crippen LogP contribution < -0.4 is 0 Å². The van der Waals surface area contributed by atoms with Crippen molar-refractivity contribution in [1.82, 2.24) is 0 Å². The average molecular weight is 152 g/mol. The zero-order valence-electron chi connectivity index (χ0n) is 7.01. The van der Waals surface area contributed by atoms with E-state index in [1.165, 1.54) is 38.5 Å². The molecule has 3 unspecified atom stereocenters. The molecule has 0 aromatic carbocycles. The van der Waals surface area contributed by atoms with Crippen LogP contribution in [0.4, 0.5) is 0 Å². The highest BCUT2D eigenvalue weighted by Crippen LogP contribution is 2.60. The monoisotopic (exact) mass is 152 g/mol. The minimum atomic E-state index is 0.676. The fourth-order valence-electron chi connectivity index (χ4n) is 3.44. The van der Waals surface area contributed by atoms with E-state index in [1.807, 2.05) is 0 Å². The Hall–Kier alpha value is -0.0400. The maximum Gasteiger partial charge on any atom is 0.0634 e. The van der Waals surface area contributed by atoms with Crippen LogP contribution in [0.25, 0.3) is 0 Å². The summed E-state index contributed by atoms with van der Waals surface area (Å²) in [7, 11) is 0. The molecule has 1 saturated heterocycles. The van der Waals surface area contributed by atoms with Gasteiger partial charge < -0.3 is 4.74 Å². The second-order valence-corrected chi connectivity index (χ2v) is 4.54.